The highest BCUT2D eigenvalue weighted by Crippen LogP contribution is 2.42. The second kappa shape index (κ2) is 10.8. The van der Waals surface area contributed by atoms with E-state index in [1.807, 2.05) is 30.3 Å². The van der Waals surface area contributed by atoms with Crippen LogP contribution in [0.5, 0.6) is 0 Å². The fourth-order valence-corrected chi connectivity index (χ4v) is 4.70. The number of urea groups is 1. The van der Waals surface area contributed by atoms with Crippen LogP contribution in [0.4, 0.5) is 30.6 Å². The Morgan fingerprint density at radius 1 is 0.892 bits per heavy atom. The molecule has 0 radical (unpaired) electrons. The number of carbonyl (C=O) groups is 2. The standard InChI is InChI=1S/C29H29F2N3O3/c1-21(35)29(16-18-33(19-17-29)28(37)32(2)22-10-4-3-5-11-22)20-27(36)34(25-14-8-6-12-23(25)30)26-15-9-7-13-24(26)31/h3-15,35H,1,16-20H2,2H3. The molecule has 1 fully saturated rings. The van der Waals surface area contributed by atoms with Crippen LogP contribution < -0.4 is 9.80 Å². The zero-order valence-electron chi connectivity index (χ0n) is 20.6. The predicted molar refractivity (Wildman–Crippen MR) is 140 cm³/mol. The molecule has 1 aliphatic heterocycles. The van der Waals surface area contributed by atoms with Crippen LogP contribution in [0.2, 0.25) is 0 Å². The number of hydrogen-bond donors (Lipinski definition) is 1. The average Bonchev–Trinajstić information content (AvgIpc) is 2.91. The van der Waals surface area contributed by atoms with E-state index < -0.39 is 23.0 Å². The maximum Gasteiger partial charge on any atom is 0.324 e. The second-order valence-corrected chi connectivity index (χ2v) is 9.20. The molecule has 0 atom stereocenters. The number of likely N-dealkylation sites (tertiary alicyclic amines) is 1. The fraction of sp³-hybridized carbons (Fsp3) is 0.241. The minimum atomic E-state index is -1.05. The lowest BCUT2D eigenvalue weighted by Crippen LogP contribution is -2.49. The molecule has 8 heteroatoms. The van der Waals surface area contributed by atoms with Gasteiger partial charge in [0, 0.05) is 37.7 Å². The molecule has 1 heterocycles. The molecule has 1 aliphatic rings. The predicted octanol–water partition coefficient (Wildman–Crippen LogP) is 6.43. The number of benzene rings is 3. The van der Waals surface area contributed by atoms with Crippen molar-refractivity contribution in [2.24, 2.45) is 5.41 Å². The van der Waals surface area contributed by atoms with Crippen LogP contribution in [0.15, 0.2) is 91.2 Å². The lowest BCUT2D eigenvalue weighted by Gasteiger charge is -2.42. The van der Waals surface area contributed by atoms with Gasteiger partial charge in [-0.3, -0.25) is 14.6 Å². The molecule has 0 spiro atoms. The minimum absolute atomic E-state index is 0.0894. The van der Waals surface area contributed by atoms with Crippen molar-refractivity contribution in [2.45, 2.75) is 19.3 Å². The summed E-state index contributed by atoms with van der Waals surface area (Å²) in [6.07, 6.45) is 0.303. The first-order valence-corrected chi connectivity index (χ1v) is 12.0. The van der Waals surface area contributed by atoms with Gasteiger partial charge in [0.2, 0.25) is 5.91 Å². The van der Waals surface area contributed by atoms with Crippen LogP contribution in [0, 0.1) is 17.0 Å². The molecule has 1 saturated heterocycles. The van der Waals surface area contributed by atoms with Gasteiger partial charge >= 0.3 is 6.03 Å². The lowest BCUT2D eigenvalue weighted by atomic mass is 9.74. The van der Waals surface area contributed by atoms with Gasteiger partial charge in [-0.2, -0.15) is 0 Å². The van der Waals surface area contributed by atoms with Crippen molar-refractivity contribution in [3.05, 3.63) is 103 Å². The number of piperidine rings is 1. The van der Waals surface area contributed by atoms with Gasteiger partial charge in [0.05, 0.1) is 17.1 Å². The van der Waals surface area contributed by atoms with E-state index in [2.05, 4.69) is 6.58 Å². The molecule has 6 nitrogen and oxygen atoms in total. The summed E-state index contributed by atoms with van der Waals surface area (Å²) in [7, 11) is 1.69. The Morgan fingerprint density at radius 3 is 1.86 bits per heavy atom. The van der Waals surface area contributed by atoms with Crippen molar-refractivity contribution in [2.75, 3.05) is 29.9 Å². The first-order chi connectivity index (χ1) is 17.7. The van der Waals surface area contributed by atoms with Gasteiger partial charge in [0.25, 0.3) is 0 Å². The van der Waals surface area contributed by atoms with Gasteiger partial charge in [-0.05, 0) is 49.2 Å². The topological polar surface area (TPSA) is 64.1 Å². The maximum atomic E-state index is 14.8. The molecule has 0 aromatic heterocycles. The number of nitrogens with zero attached hydrogens (tertiary/aromatic N) is 3. The Hall–Kier alpha value is -4.20. The first-order valence-electron chi connectivity index (χ1n) is 12.0. The summed E-state index contributed by atoms with van der Waals surface area (Å²) in [5, 5.41) is 10.6. The molecule has 3 aromatic rings. The Balaban J connectivity index is 1.56. The summed E-state index contributed by atoms with van der Waals surface area (Å²) in [6, 6.07) is 20.3. The summed E-state index contributed by atoms with van der Waals surface area (Å²) in [6.45, 7) is 4.28. The molecule has 0 bridgehead atoms. The number of aliphatic hydroxyl groups excluding tert-OH is 1. The van der Waals surface area contributed by atoms with E-state index in [4.69, 9.17) is 0 Å². The van der Waals surface area contributed by atoms with Gasteiger partial charge in [0.15, 0.2) is 0 Å². The number of para-hydroxylation sites is 3. The van der Waals surface area contributed by atoms with Crippen molar-refractivity contribution < 1.29 is 23.5 Å². The molecule has 3 aromatic carbocycles. The summed E-state index contributed by atoms with van der Waals surface area (Å²) in [5.74, 6) is -2.14. The van der Waals surface area contributed by atoms with Crippen molar-refractivity contribution in [3.63, 3.8) is 0 Å². The zero-order valence-corrected chi connectivity index (χ0v) is 20.6. The molecular weight excluding hydrogens is 476 g/mol. The van der Waals surface area contributed by atoms with E-state index in [0.717, 1.165) is 10.6 Å². The smallest absolute Gasteiger partial charge is 0.324 e. The SMILES string of the molecule is C=C(O)C1(CC(=O)N(c2ccccc2F)c2ccccc2F)CCN(C(=O)N(C)c2ccccc2)CC1. The van der Waals surface area contributed by atoms with Crippen LogP contribution in [0.1, 0.15) is 19.3 Å². The molecule has 0 aliphatic carbocycles. The van der Waals surface area contributed by atoms with E-state index in [9.17, 15) is 23.5 Å². The Kier molecular flexibility index (Phi) is 7.57. The first kappa shape index (κ1) is 25.9. The summed E-state index contributed by atoms with van der Waals surface area (Å²) >= 11 is 0. The monoisotopic (exact) mass is 505 g/mol. The molecule has 0 saturated carbocycles. The van der Waals surface area contributed by atoms with Gasteiger partial charge in [-0.25, -0.2) is 13.6 Å². The maximum absolute atomic E-state index is 14.8. The van der Waals surface area contributed by atoms with Crippen molar-refractivity contribution in [1.82, 2.24) is 4.90 Å². The van der Waals surface area contributed by atoms with Gasteiger partial charge in [0.1, 0.15) is 11.6 Å². The fourth-order valence-electron chi connectivity index (χ4n) is 4.70. The van der Waals surface area contributed by atoms with Crippen molar-refractivity contribution in [3.8, 4) is 0 Å². The van der Waals surface area contributed by atoms with Crippen molar-refractivity contribution >= 4 is 29.0 Å². The highest BCUT2D eigenvalue weighted by Gasteiger charge is 2.42. The Bertz CT molecular complexity index is 1240. The highest BCUT2D eigenvalue weighted by molar-refractivity contribution is 6.01. The van der Waals surface area contributed by atoms with Gasteiger partial charge in [-0.1, -0.05) is 49.0 Å². The largest absolute Gasteiger partial charge is 0.512 e. The van der Waals surface area contributed by atoms with E-state index in [1.165, 1.54) is 36.4 Å². The quantitative estimate of drug-likeness (QED) is 0.393. The van der Waals surface area contributed by atoms with E-state index in [0.29, 0.717) is 0 Å². The lowest BCUT2D eigenvalue weighted by molar-refractivity contribution is -0.120. The van der Waals surface area contributed by atoms with Crippen LogP contribution in [0.3, 0.4) is 0 Å². The summed E-state index contributed by atoms with van der Waals surface area (Å²) in [4.78, 5) is 31.0. The minimum Gasteiger partial charge on any atom is -0.512 e. The second-order valence-electron chi connectivity index (χ2n) is 9.20. The third-order valence-corrected chi connectivity index (χ3v) is 6.96. The number of halogens is 2. The van der Waals surface area contributed by atoms with E-state index in [-0.39, 0.29) is 55.5 Å². The van der Waals surface area contributed by atoms with E-state index in [1.54, 1.807) is 29.0 Å². The number of hydrogen-bond acceptors (Lipinski definition) is 3. The number of amides is 3. The van der Waals surface area contributed by atoms with Crippen LogP contribution in [0.25, 0.3) is 0 Å². The molecule has 3 amide bonds. The third kappa shape index (κ3) is 5.33. The summed E-state index contributed by atoms with van der Waals surface area (Å²) < 4.78 is 29.5. The van der Waals surface area contributed by atoms with Crippen LogP contribution >= 0.6 is 0 Å². The molecule has 192 valence electrons. The molecule has 1 N–H and O–H groups in total. The number of allylic oxidation sites excluding steroid dienone is 1. The number of aliphatic hydroxyl groups is 1. The van der Waals surface area contributed by atoms with Crippen molar-refractivity contribution in [1.29, 1.82) is 0 Å². The van der Waals surface area contributed by atoms with Gasteiger partial charge < -0.3 is 10.0 Å². The average molecular weight is 506 g/mol. The number of anilines is 3. The van der Waals surface area contributed by atoms with Crippen LogP contribution in [-0.2, 0) is 4.79 Å². The molecular formula is C29H29F2N3O3. The highest BCUT2D eigenvalue weighted by atomic mass is 19.1. The van der Waals surface area contributed by atoms with E-state index >= 15 is 0 Å². The Labute approximate surface area is 215 Å². The van der Waals surface area contributed by atoms with Crippen LogP contribution in [-0.4, -0.2) is 42.1 Å². The Morgan fingerprint density at radius 2 is 1.38 bits per heavy atom. The normalized spacial score (nSPS) is 14.6. The molecule has 4 rings (SSSR count). The zero-order chi connectivity index (χ0) is 26.6. The number of rotatable bonds is 6. The third-order valence-electron chi connectivity index (χ3n) is 6.96. The summed E-state index contributed by atoms with van der Waals surface area (Å²) in [5.41, 5.74) is -0.480. The molecule has 0 unspecified atom stereocenters. The molecule has 37 heavy (non-hydrogen) atoms. The van der Waals surface area contributed by atoms with Gasteiger partial charge in [-0.15, -0.1) is 0 Å². The number of carbonyl (C=O) groups excluding carboxylic acids is 2.